The largest absolute Gasteiger partial charge is 0.493 e. The minimum atomic E-state index is -4.57. The highest BCUT2D eigenvalue weighted by molar-refractivity contribution is 5.70. The van der Waals surface area contributed by atoms with Gasteiger partial charge in [0.05, 0.1) is 31.7 Å². The van der Waals surface area contributed by atoms with Gasteiger partial charge in [0, 0.05) is 0 Å². The van der Waals surface area contributed by atoms with E-state index in [2.05, 4.69) is 0 Å². The van der Waals surface area contributed by atoms with Crippen LogP contribution in [-0.2, 0) is 17.6 Å². The van der Waals surface area contributed by atoms with Crippen LogP contribution in [0.5, 0.6) is 17.2 Å². The quantitative estimate of drug-likeness (QED) is 0.357. The Morgan fingerprint density at radius 2 is 1.55 bits per heavy atom. The van der Waals surface area contributed by atoms with Crippen LogP contribution < -0.4 is 14.2 Å². The van der Waals surface area contributed by atoms with E-state index in [-0.39, 0.29) is 12.2 Å². The number of aliphatic carboxylic acids is 1. The van der Waals surface area contributed by atoms with Crippen LogP contribution in [0.4, 0.5) is 13.2 Å². The molecule has 38 heavy (non-hydrogen) atoms. The van der Waals surface area contributed by atoms with E-state index in [4.69, 9.17) is 14.2 Å². The number of carboxylic acids is 1. The molecule has 0 bridgehead atoms. The number of alkyl halides is 3. The van der Waals surface area contributed by atoms with E-state index in [0.29, 0.717) is 48.7 Å². The van der Waals surface area contributed by atoms with Gasteiger partial charge in [-0.15, -0.1) is 0 Å². The highest BCUT2D eigenvalue weighted by atomic mass is 19.4. The first kappa shape index (κ1) is 27.3. The van der Waals surface area contributed by atoms with E-state index in [1.807, 2.05) is 35.2 Å². The van der Waals surface area contributed by atoms with E-state index in [1.165, 1.54) is 26.4 Å². The highest BCUT2D eigenvalue weighted by Gasteiger charge is 2.39. The number of carboxylic acid groups (broad SMARTS) is 1. The van der Waals surface area contributed by atoms with Crippen molar-refractivity contribution >= 4 is 5.97 Å². The standard InChI is InChI=1S/C29H30F3NO5/c1-36-24-16-21(17-25(37-2)27(24)38-18-19-8-4-3-5-9-19)26(33-14-12-20(13-15-33)28(34)35)22-10-6-7-11-23(22)29(30,31)32/h3-11,16-17,20,26H,12-15,18H2,1-2H3,(H,34,35). The van der Waals surface area contributed by atoms with Crippen LogP contribution in [0.3, 0.4) is 0 Å². The molecular formula is C29H30F3NO5. The van der Waals surface area contributed by atoms with Crippen molar-refractivity contribution in [1.29, 1.82) is 0 Å². The van der Waals surface area contributed by atoms with Crippen molar-refractivity contribution < 1.29 is 37.3 Å². The third kappa shape index (κ3) is 6.05. The van der Waals surface area contributed by atoms with Gasteiger partial charge in [0.25, 0.3) is 0 Å². The van der Waals surface area contributed by atoms with Gasteiger partial charge in [-0.1, -0.05) is 48.5 Å². The zero-order valence-corrected chi connectivity index (χ0v) is 21.2. The van der Waals surface area contributed by atoms with E-state index >= 15 is 0 Å². The number of ether oxygens (including phenoxy) is 3. The molecule has 0 radical (unpaired) electrons. The van der Waals surface area contributed by atoms with E-state index < -0.39 is 29.7 Å². The molecule has 0 saturated carbocycles. The van der Waals surface area contributed by atoms with E-state index in [9.17, 15) is 23.1 Å². The van der Waals surface area contributed by atoms with Crippen LogP contribution in [-0.4, -0.2) is 43.3 Å². The predicted molar refractivity (Wildman–Crippen MR) is 136 cm³/mol. The molecule has 0 aromatic heterocycles. The van der Waals surface area contributed by atoms with E-state index in [0.717, 1.165) is 11.6 Å². The molecule has 3 aromatic rings. The van der Waals surface area contributed by atoms with Gasteiger partial charge >= 0.3 is 12.1 Å². The van der Waals surface area contributed by atoms with Gasteiger partial charge in [-0.2, -0.15) is 13.2 Å². The molecule has 202 valence electrons. The molecule has 1 aliphatic rings. The summed E-state index contributed by atoms with van der Waals surface area (Å²) in [5.41, 5.74) is 0.790. The number of carbonyl (C=O) groups is 1. The number of methoxy groups -OCH3 is 2. The molecular weight excluding hydrogens is 499 g/mol. The Labute approximate surface area is 219 Å². The molecule has 1 N–H and O–H groups in total. The number of hydrogen-bond donors (Lipinski definition) is 1. The lowest BCUT2D eigenvalue weighted by Gasteiger charge is -2.38. The van der Waals surface area contributed by atoms with Gasteiger partial charge in [0.2, 0.25) is 5.75 Å². The Morgan fingerprint density at radius 1 is 0.974 bits per heavy atom. The lowest BCUT2D eigenvalue weighted by atomic mass is 9.89. The Balaban J connectivity index is 1.78. The lowest BCUT2D eigenvalue weighted by molar-refractivity contribution is -0.143. The SMILES string of the molecule is COc1cc(C(c2ccccc2C(F)(F)F)N2CCC(C(=O)O)CC2)cc(OC)c1OCc1ccccc1. The van der Waals surface area contributed by atoms with Crippen molar-refractivity contribution in [3.8, 4) is 17.2 Å². The molecule has 1 aliphatic heterocycles. The van der Waals surface area contributed by atoms with Crippen LogP contribution in [0.1, 0.15) is 41.1 Å². The maximum absolute atomic E-state index is 14.1. The first-order chi connectivity index (χ1) is 18.2. The maximum Gasteiger partial charge on any atom is 0.416 e. The summed E-state index contributed by atoms with van der Waals surface area (Å²) in [4.78, 5) is 13.4. The molecule has 1 saturated heterocycles. The fourth-order valence-corrected chi connectivity index (χ4v) is 4.92. The van der Waals surface area contributed by atoms with Crippen molar-refractivity contribution in [2.24, 2.45) is 5.92 Å². The Morgan fingerprint density at radius 3 is 2.11 bits per heavy atom. The topological polar surface area (TPSA) is 68.2 Å². The first-order valence-corrected chi connectivity index (χ1v) is 12.3. The second-order valence-electron chi connectivity index (χ2n) is 9.16. The summed E-state index contributed by atoms with van der Waals surface area (Å²) in [6.07, 6.45) is -3.89. The average molecular weight is 530 g/mol. The number of hydrogen-bond acceptors (Lipinski definition) is 5. The molecule has 4 rings (SSSR count). The number of rotatable bonds is 9. The normalized spacial score (nSPS) is 15.6. The maximum atomic E-state index is 14.1. The van der Waals surface area contributed by atoms with Crippen LogP contribution >= 0.6 is 0 Å². The van der Waals surface area contributed by atoms with Crippen LogP contribution in [0, 0.1) is 5.92 Å². The van der Waals surface area contributed by atoms with Crippen molar-refractivity contribution in [3.63, 3.8) is 0 Å². The predicted octanol–water partition coefficient (Wildman–Crippen LogP) is 6.19. The first-order valence-electron chi connectivity index (χ1n) is 12.3. The zero-order valence-electron chi connectivity index (χ0n) is 21.2. The fourth-order valence-electron chi connectivity index (χ4n) is 4.92. The highest BCUT2D eigenvalue weighted by Crippen LogP contribution is 2.45. The summed E-state index contributed by atoms with van der Waals surface area (Å²) < 4.78 is 59.6. The van der Waals surface area contributed by atoms with Gasteiger partial charge in [-0.3, -0.25) is 9.69 Å². The summed E-state index contributed by atoms with van der Waals surface area (Å²) in [7, 11) is 2.93. The molecule has 1 heterocycles. The molecule has 3 aromatic carbocycles. The van der Waals surface area contributed by atoms with Crippen molar-refractivity contribution in [1.82, 2.24) is 4.90 Å². The molecule has 9 heteroatoms. The second-order valence-corrected chi connectivity index (χ2v) is 9.16. The summed E-state index contributed by atoms with van der Waals surface area (Å²) in [5.74, 6) is -0.423. The fraction of sp³-hybridized carbons (Fsp3) is 0.345. The second kappa shape index (κ2) is 11.8. The van der Waals surface area contributed by atoms with Crippen LogP contribution in [0.25, 0.3) is 0 Å². The third-order valence-corrected chi connectivity index (χ3v) is 6.83. The summed E-state index contributed by atoms with van der Waals surface area (Å²) in [5, 5.41) is 9.43. The summed E-state index contributed by atoms with van der Waals surface area (Å²) in [6, 6.07) is 17.5. The minimum absolute atomic E-state index is 0.0795. The van der Waals surface area contributed by atoms with Crippen LogP contribution in [0.15, 0.2) is 66.7 Å². The number of likely N-dealkylation sites (tertiary alicyclic amines) is 1. The van der Waals surface area contributed by atoms with Gasteiger partial charge in [-0.05, 0) is 60.8 Å². The molecule has 0 spiro atoms. The van der Waals surface area contributed by atoms with E-state index in [1.54, 1.807) is 18.2 Å². The molecule has 0 amide bonds. The molecule has 1 atom stereocenters. The molecule has 6 nitrogen and oxygen atoms in total. The Kier molecular flexibility index (Phi) is 8.46. The number of benzene rings is 3. The Bertz CT molecular complexity index is 1220. The summed E-state index contributed by atoms with van der Waals surface area (Å²) in [6.45, 7) is 0.894. The lowest BCUT2D eigenvalue weighted by Crippen LogP contribution is -2.39. The van der Waals surface area contributed by atoms with Gasteiger partial charge in [0.1, 0.15) is 6.61 Å². The monoisotopic (exact) mass is 529 g/mol. The van der Waals surface area contributed by atoms with Crippen molar-refractivity contribution in [3.05, 3.63) is 89.0 Å². The van der Waals surface area contributed by atoms with Gasteiger partial charge < -0.3 is 19.3 Å². The number of piperidine rings is 1. The summed E-state index contributed by atoms with van der Waals surface area (Å²) >= 11 is 0. The molecule has 1 unspecified atom stereocenters. The molecule has 0 aliphatic carbocycles. The smallest absolute Gasteiger partial charge is 0.416 e. The molecule has 1 fully saturated rings. The van der Waals surface area contributed by atoms with Gasteiger partial charge in [0.15, 0.2) is 11.5 Å². The van der Waals surface area contributed by atoms with Crippen molar-refractivity contribution in [2.75, 3.05) is 27.3 Å². The van der Waals surface area contributed by atoms with Gasteiger partial charge in [-0.25, -0.2) is 0 Å². The number of nitrogens with zero attached hydrogens (tertiary/aromatic N) is 1. The minimum Gasteiger partial charge on any atom is -0.493 e. The Hall–Kier alpha value is -3.72. The number of halogens is 3. The zero-order chi connectivity index (χ0) is 27.3. The van der Waals surface area contributed by atoms with Crippen molar-refractivity contribution in [2.45, 2.75) is 31.7 Å². The third-order valence-electron chi connectivity index (χ3n) is 6.83. The average Bonchev–Trinajstić information content (AvgIpc) is 2.92. The van der Waals surface area contributed by atoms with Crippen LogP contribution in [0.2, 0.25) is 0 Å².